The number of rotatable bonds is 6. The van der Waals surface area contributed by atoms with Gasteiger partial charge >= 0.3 is 0 Å². The van der Waals surface area contributed by atoms with E-state index in [1.807, 2.05) is 11.8 Å². The van der Waals surface area contributed by atoms with E-state index in [2.05, 4.69) is 30.3 Å². The molecule has 1 aliphatic heterocycles. The molecule has 0 saturated carbocycles. The Labute approximate surface area is 203 Å². The molecule has 0 N–H and O–H groups in total. The summed E-state index contributed by atoms with van der Waals surface area (Å²) in [6.07, 6.45) is 7.59. The number of fused-ring (bicyclic) bond motifs is 3. The van der Waals surface area contributed by atoms with Crippen LogP contribution in [0, 0.1) is 5.92 Å². The molecule has 2 aliphatic rings. The Morgan fingerprint density at radius 2 is 1.91 bits per heavy atom. The largest absolute Gasteiger partial charge is 0.342 e. The van der Waals surface area contributed by atoms with Gasteiger partial charge in [-0.15, -0.1) is 11.3 Å². The quantitative estimate of drug-likeness (QED) is 0.370. The molecule has 0 radical (unpaired) electrons. The van der Waals surface area contributed by atoms with Gasteiger partial charge in [0.05, 0.1) is 11.1 Å². The zero-order chi connectivity index (χ0) is 22.8. The van der Waals surface area contributed by atoms with Crippen molar-refractivity contribution in [3.05, 3.63) is 56.7 Å². The zero-order valence-electron chi connectivity index (χ0n) is 19.2. The van der Waals surface area contributed by atoms with Gasteiger partial charge < -0.3 is 4.90 Å². The number of aromatic nitrogens is 2. The van der Waals surface area contributed by atoms with Crippen LogP contribution in [0.5, 0.6) is 0 Å². The molecule has 2 aromatic heterocycles. The van der Waals surface area contributed by atoms with E-state index in [0.29, 0.717) is 23.4 Å². The summed E-state index contributed by atoms with van der Waals surface area (Å²) in [5.41, 5.74) is 2.68. The first kappa shape index (κ1) is 22.7. The van der Waals surface area contributed by atoms with Gasteiger partial charge in [-0.2, -0.15) is 0 Å². The number of nitrogens with zero attached hydrogens (tertiary/aromatic N) is 3. The third-order valence-corrected chi connectivity index (χ3v) is 9.16. The van der Waals surface area contributed by atoms with Crippen molar-refractivity contribution in [3.8, 4) is 0 Å². The molecule has 5 rings (SSSR count). The van der Waals surface area contributed by atoms with Gasteiger partial charge in [0.25, 0.3) is 5.56 Å². The van der Waals surface area contributed by atoms with Crippen LogP contribution in [0.3, 0.4) is 0 Å². The molecule has 0 unspecified atom stereocenters. The molecule has 0 atom stereocenters. The predicted molar refractivity (Wildman–Crippen MR) is 136 cm³/mol. The molecule has 0 bridgehead atoms. The average molecular weight is 482 g/mol. The molecule has 5 nitrogen and oxygen atoms in total. The number of hydrogen-bond acceptors (Lipinski definition) is 5. The van der Waals surface area contributed by atoms with E-state index in [1.165, 1.54) is 34.2 Å². The van der Waals surface area contributed by atoms with Gasteiger partial charge in [-0.3, -0.25) is 14.2 Å². The number of carbonyl (C=O) groups is 1. The summed E-state index contributed by atoms with van der Waals surface area (Å²) in [4.78, 5) is 35.2. The van der Waals surface area contributed by atoms with Crippen LogP contribution in [-0.2, 0) is 30.6 Å². The summed E-state index contributed by atoms with van der Waals surface area (Å²) in [5, 5.41) is 1.51. The average Bonchev–Trinajstić information content (AvgIpc) is 3.22. The lowest BCUT2D eigenvalue weighted by Crippen LogP contribution is -2.40. The van der Waals surface area contributed by atoms with Crippen molar-refractivity contribution in [1.82, 2.24) is 14.5 Å². The highest BCUT2D eigenvalue weighted by Gasteiger charge is 2.25. The topological polar surface area (TPSA) is 55.2 Å². The summed E-state index contributed by atoms with van der Waals surface area (Å²) < 4.78 is 1.76. The second kappa shape index (κ2) is 10.0. The molecular weight excluding hydrogens is 450 g/mol. The monoisotopic (exact) mass is 481 g/mol. The van der Waals surface area contributed by atoms with Gasteiger partial charge in [0.2, 0.25) is 5.91 Å². The molecule has 3 aromatic rings. The number of carbonyl (C=O) groups excluding carboxylic acids is 1. The number of piperidine rings is 1. The van der Waals surface area contributed by atoms with E-state index in [1.54, 1.807) is 15.9 Å². The standard InChI is InChI=1S/C26H31N3O2S2/c1-2-29-25(31)23-20-10-6-7-11-21(20)33-24(23)27-26(29)32-17-22(30)28-14-12-19(13-15-28)16-18-8-4-3-5-9-18/h3-5,8-9,19H,2,6-7,10-17H2,1H3. The van der Waals surface area contributed by atoms with Crippen LogP contribution in [0.15, 0.2) is 40.3 Å². The van der Waals surface area contributed by atoms with Gasteiger partial charge in [0.15, 0.2) is 5.16 Å². The molecule has 33 heavy (non-hydrogen) atoms. The Bertz CT molecular complexity index is 1190. The van der Waals surface area contributed by atoms with Crippen molar-refractivity contribution in [2.24, 2.45) is 5.92 Å². The van der Waals surface area contributed by atoms with Gasteiger partial charge in [0, 0.05) is 24.5 Å². The summed E-state index contributed by atoms with van der Waals surface area (Å²) in [5.74, 6) is 1.13. The molecule has 1 fully saturated rings. The molecule has 1 saturated heterocycles. The molecule has 0 spiro atoms. The number of aryl methyl sites for hydroxylation is 2. The first-order chi connectivity index (χ1) is 16.1. The fourth-order valence-corrected chi connectivity index (χ4v) is 7.43. The maximum atomic E-state index is 13.3. The minimum absolute atomic E-state index is 0.0681. The molecule has 7 heteroatoms. The zero-order valence-corrected chi connectivity index (χ0v) is 20.8. The Hall–Kier alpha value is -2.12. The van der Waals surface area contributed by atoms with Crippen molar-refractivity contribution in [2.75, 3.05) is 18.8 Å². The minimum Gasteiger partial charge on any atom is -0.342 e. The van der Waals surface area contributed by atoms with Crippen molar-refractivity contribution in [1.29, 1.82) is 0 Å². The lowest BCUT2D eigenvalue weighted by molar-refractivity contribution is -0.129. The van der Waals surface area contributed by atoms with E-state index in [4.69, 9.17) is 4.98 Å². The van der Waals surface area contributed by atoms with Crippen LogP contribution < -0.4 is 5.56 Å². The lowest BCUT2D eigenvalue weighted by Gasteiger charge is -2.32. The van der Waals surface area contributed by atoms with E-state index >= 15 is 0 Å². The van der Waals surface area contributed by atoms with Crippen molar-refractivity contribution < 1.29 is 4.79 Å². The summed E-state index contributed by atoms with van der Waals surface area (Å²) >= 11 is 3.10. The number of thioether (sulfide) groups is 1. The van der Waals surface area contributed by atoms with Crippen LogP contribution in [0.25, 0.3) is 10.2 Å². The first-order valence-corrected chi connectivity index (χ1v) is 13.9. The highest BCUT2D eigenvalue weighted by Crippen LogP contribution is 2.34. The lowest BCUT2D eigenvalue weighted by atomic mass is 9.90. The van der Waals surface area contributed by atoms with Crippen molar-refractivity contribution in [2.45, 2.75) is 63.6 Å². The van der Waals surface area contributed by atoms with Crippen molar-refractivity contribution >= 4 is 39.2 Å². The Morgan fingerprint density at radius 1 is 1.15 bits per heavy atom. The molecule has 1 aromatic carbocycles. The number of benzene rings is 1. The van der Waals surface area contributed by atoms with Gasteiger partial charge in [-0.1, -0.05) is 42.1 Å². The number of hydrogen-bond donors (Lipinski definition) is 0. The van der Waals surface area contributed by atoms with Crippen LogP contribution in [-0.4, -0.2) is 39.2 Å². The third-order valence-electron chi connectivity index (χ3n) is 7.02. The summed E-state index contributed by atoms with van der Waals surface area (Å²) in [6.45, 7) is 4.20. The Morgan fingerprint density at radius 3 is 2.67 bits per heavy atom. The summed E-state index contributed by atoms with van der Waals surface area (Å²) in [6, 6.07) is 10.6. The van der Waals surface area contributed by atoms with Crippen LogP contribution in [0.1, 0.15) is 48.6 Å². The molecular formula is C26H31N3O2S2. The maximum Gasteiger partial charge on any atom is 0.263 e. The van der Waals surface area contributed by atoms with Crippen LogP contribution >= 0.6 is 23.1 Å². The van der Waals surface area contributed by atoms with E-state index in [0.717, 1.165) is 61.8 Å². The van der Waals surface area contributed by atoms with Gasteiger partial charge in [0.1, 0.15) is 4.83 Å². The molecule has 3 heterocycles. The molecule has 1 aliphatic carbocycles. The Kier molecular flexibility index (Phi) is 6.88. The fourth-order valence-electron chi connectivity index (χ4n) is 5.16. The maximum absolute atomic E-state index is 13.3. The highest BCUT2D eigenvalue weighted by molar-refractivity contribution is 7.99. The summed E-state index contributed by atoms with van der Waals surface area (Å²) in [7, 11) is 0. The predicted octanol–water partition coefficient (Wildman–Crippen LogP) is 4.93. The van der Waals surface area contributed by atoms with E-state index in [9.17, 15) is 9.59 Å². The second-order valence-corrected chi connectivity index (χ2v) is 11.2. The van der Waals surface area contributed by atoms with E-state index in [-0.39, 0.29) is 11.5 Å². The van der Waals surface area contributed by atoms with Crippen LogP contribution in [0.2, 0.25) is 0 Å². The number of likely N-dealkylation sites (tertiary alicyclic amines) is 1. The second-order valence-electron chi connectivity index (χ2n) is 9.14. The normalized spacial score (nSPS) is 16.8. The van der Waals surface area contributed by atoms with Crippen LogP contribution in [0.4, 0.5) is 0 Å². The number of amides is 1. The number of thiophene rings is 1. The first-order valence-electron chi connectivity index (χ1n) is 12.1. The molecule has 1 amide bonds. The minimum atomic E-state index is 0.0681. The Balaban J connectivity index is 1.23. The van der Waals surface area contributed by atoms with Gasteiger partial charge in [-0.05, 0) is 68.9 Å². The molecule has 174 valence electrons. The highest BCUT2D eigenvalue weighted by atomic mass is 32.2. The SMILES string of the molecule is CCn1c(SCC(=O)N2CCC(Cc3ccccc3)CC2)nc2sc3c(c2c1=O)CCCC3. The van der Waals surface area contributed by atoms with E-state index < -0.39 is 0 Å². The third kappa shape index (κ3) is 4.76. The van der Waals surface area contributed by atoms with Crippen molar-refractivity contribution in [3.63, 3.8) is 0 Å². The van der Waals surface area contributed by atoms with Gasteiger partial charge in [-0.25, -0.2) is 4.98 Å². The fraction of sp³-hybridized carbons (Fsp3) is 0.500. The smallest absolute Gasteiger partial charge is 0.263 e.